The molecule has 0 radical (unpaired) electrons. The second-order valence-corrected chi connectivity index (χ2v) is 7.06. The van der Waals surface area contributed by atoms with Gasteiger partial charge in [-0.25, -0.2) is 14.4 Å². The molecule has 0 unspecified atom stereocenters. The van der Waals surface area contributed by atoms with Gasteiger partial charge in [0.1, 0.15) is 5.82 Å². The van der Waals surface area contributed by atoms with Gasteiger partial charge in [0.05, 0.1) is 17.8 Å². The van der Waals surface area contributed by atoms with Crippen LogP contribution >= 0.6 is 0 Å². The number of nitrogens with zero attached hydrogens (tertiary/aromatic N) is 4. The molecule has 3 aromatic rings. The van der Waals surface area contributed by atoms with Crippen LogP contribution in [-0.2, 0) is 6.54 Å². The lowest BCUT2D eigenvalue weighted by molar-refractivity contribution is 0.0952. The molecule has 0 aliphatic carbocycles. The smallest absolute Gasteiger partial charge is 0.252 e. The van der Waals surface area contributed by atoms with E-state index in [2.05, 4.69) is 37.1 Å². The Morgan fingerprint density at radius 3 is 2.79 bits per heavy atom. The Labute approximate surface area is 166 Å². The Balaban J connectivity index is 1.51. The first-order valence-corrected chi connectivity index (χ1v) is 9.36. The van der Waals surface area contributed by atoms with Crippen molar-refractivity contribution in [1.82, 2.24) is 25.2 Å². The second-order valence-electron chi connectivity index (χ2n) is 7.06. The van der Waals surface area contributed by atoms with E-state index < -0.39 is 17.3 Å². The normalized spacial score (nSPS) is 14.9. The van der Waals surface area contributed by atoms with Crippen LogP contribution in [0.3, 0.4) is 0 Å². The summed E-state index contributed by atoms with van der Waals surface area (Å²) in [6.07, 6.45) is 1.67. The molecule has 150 valence electrons. The van der Waals surface area contributed by atoms with Crippen LogP contribution in [0.1, 0.15) is 16.1 Å². The van der Waals surface area contributed by atoms with Crippen LogP contribution < -0.4 is 15.8 Å². The number of likely N-dealkylation sites (N-methyl/N-ethyl adjacent to an activating group) is 1. The van der Waals surface area contributed by atoms with Crippen LogP contribution in [-0.4, -0.2) is 59.0 Å². The number of halogens is 1. The van der Waals surface area contributed by atoms with E-state index in [9.17, 15) is 14.0 Å². The highest BCUT2D eigenvalue weighted by atomic mass is 19.1. The maximum absolute atomic E-state index is 13.6. The van der Waals surface area contributed by atoms with Crippen molar-refractivity contribution in [2.75, 3.05) is 38.1 Å². The molecule has 1 amide bonds. The number of nitrogens with one attached hydrogen (secondary N) is 2. The minimum absolute atomic E-state index is 0.122. The highest BCUT2D eigenvalue weighted by Gasteiger charge is 2.17. The fourth-order valence-electron chi connectivity index (χ4n) is 3.32. The first-order valence-electron chi connectivity index (χ1n) is 9.36. The van der Waals surface area contributed by atoms with E-state index >= 15 is 0 Å². The molecule has 0 bridgehead atoms. The Bertz CT molecular complexity index is 1110. The number of piperazine rings is 1. The molecule has 9 heteroatoms. The number of pyridine rings is 1. The molecule has 2 N–H and O–H groups in total. The van der Waals surface area contributed by atoms with E-state index in [1.54, 1.807) is 12.3 Å². The molecule has 1 fully saturated rings. The molecular weight excluding hydrogens is 375 g/mol. The SMILES string of the molecule is CN1CCN(c2nccc(CNC(=O)c3cc(=O)[nH]c4ccc(F)cc34)n2)CC1. The third-order valence-electron chi connectivity index (χ3n) is 4.97. The highest BCUT2D eigenvalue weighted by Crippen LogP contribution is 2.17. The molecule has 1 aliphatic heterocycles. The second kappa shape index (κ2) is 7.96. The minimum Gasteiger partial charge on any atom is -0.346 e. The number of carbonyl (C=O) groups excluding carboxylic acids is 1. The molecule has 3 heterocycles. The lowest BCUT2D eigenvalue weighted by Gasteiger charge is -2.32. The Morgan fingerprint density at radius 1 is 1.21 bits per heavy atom. The Morgan fingerprint density at radius 2 is 2.00 bits per heavy atom. The van der Waals surface area contributed by atoms with Crippen molar-refractivity contribution < 1.29 is 9.18 Å². The molecule has 0 saturated carbocycles. The van der Waals surface area contributed by atoms with Gasteiger partial charge in [0, 0.05) is 49.3 Å². The minimum atomic E-state index is -0.480. The number of aromatic amines is 1. The van der Waals surface area contributed by atoms with Crippen LogP contribution in [0.15, 0.2) is 41.3 Å². The lowest BCUT2D eigenvalue weighted by Crippen LogP contribution is -2.45. The number of hydrogen-bond acceptors (Lipinski definition) is 6. The maximum atomic E-state index is 13.6. The summed E-state index contributed by atoms with van der Waals surface area (Å²) >= 11 is 0. The summed E-state index contributed by atoms with van der Waals surface area (Å²) in [5, 5.41) is 3.11. The zero-order valence-corrected chi connectivity index (χ0v) is 16.0. The van der Waals surface area contributed by atoms with Gasteiger partial charge in [-0.2, -0.15) is 0 Å². The number of hydrogen-bond donors (Lipinski definition) is 2. The van der Waals surface area contributed by atoms with Crippen LogP contribution in [0.25, 0.3) is 10.9 Å². The van der Waals surface area contributed by atoms with Crippen molar-refractivity contribution in [3.8, 4) is 0 Å². The summed E-state index contributed by atoms with van der Waals surface area (Å²) in [6, 6.07) is 6.81. The van der Waals surface area contributed by atoms with E-state index in [4.69, 9.17) is 0 Å². The number of benzene rings is 1. The van der Waals surface area contributed by atoms with E-state index in [1.165, 1.54) is 24.3 Å². The third-order valence-corrected chi connectivity index (χ3v) is 4.97. The number of fused-ring (bicyclic) bond motifs is 1. The van der Waals surface area contributed by atoms with Crippen LogP contribution in [0.4, 0.5) is 10.3 Å². The zero-order valence-electron chi connectivity index (χ0n) is 16.0. The lowest BCUT2D eigenvalue weighted by atomic mass is 10.1. The zero-order chi connectivity index (χ0) is 20.4. The first kappa shape index (κ1) is 19.0. The number of amides is 1. The van der Waals surface area contributed by atoms with Crippen molar-refractivity contribution in [2.24, 2.45) is 0 Å². The molecule has 29 heavy (non-hydrogen) atoms. The fraction of sp³-hybridized carbons (Fsp3) is 0.300. The standard InChI is InChI=1S/C20H21FN6O2/c1-26-6-8-27(9-7-26)20-22-5-4-14(24-20)12-23-19(29)16-11-18(28)25-17-3-2-13(21)10-15(16)17/h2-5,10-11H,6-9,12H2,1H3,(H,23,29)(H,25,28). The van der Waals surface area contributed by atoms with Gasteiger partial charge in [-0.05, 0) is 31.3 Å². The Kier molecular flexibility index (Phi) is 5.22. The molecule has 1 aromatic carbocycles. The molecule has 1 saturated heterocycles. The quantitative estimate of drug-likeness (QED) is 0.687. The van der Waals surface area contributed by atoms with E-state index in [-0.39, 0.29) is 12.1 Å². The number of anilines is 1. The number of carbonyl (C=O) groups is 1. The summed E-state index contributed by atoms with van der Waals surface area (Å²) in [4.78, 5) is 40.3. The van der Waals surface area contributed by atoms with Crippen molar-refractivity contribution in [1.29, 1.82) is 0 Å². The Hall–Kier alpha value is -3.33. The number of H-pyrrole nitrogens is 1. The summed E-state index contributed by atoms with van der Waals surface area (Å²) in [7, 11) is 2.08. The van der Waals surface area contributed by atoms with Gasteiger partial charge in [-0.3, -0.25) is 9.59 Å². The molecule has 1 aliphatic rings. The van der Waals surface area contributed by atoms with Crippen molar-refractivity contribution in [3.63, 3.8) is 0 Å². The molecule has 2 aromatic heterocycles. The van der Waals surface area contributed by atoms with Gasteiger partial charge < -0.3 is 20.1 Å². The summed E-state index contributed by atoms with van der Waals surface area (Å²) < 4.78 is 13.6. The van der Waals surface area contributed by atoms with Gasteiger partial charge in [0.25, 0.3) is 5.91 Å². The number of aromatic nitrogens is 3. The van der Waals surface area contributed by atoms with Gasteiger partial charge in [0.2, 0.25) is 11.5 Å². The van der Waals surface area contributed by atoms with Crippen LogP contribution in [0, 0.1) is 5.82 Å². The first-order chi connectivity index (χ1) is 14.0. The van der Waals surface area contributed by atoms with E-state index in [0.717, 1.165) is 26.2 Å². The van der Waals surface area contributed by atoms with Crippen LogP contribution in [0.2, 0.25) is 0 Å². The average molecular weight is 396 g/mol. The van der Waals surface area contributed by atoms with Crippen molar-refractivity contribution >= 4 is 22.8 Å². The molecule has 8 nitrogen and oxygen atoms in total. The third kappa shape index (κ3) is 4.24. The predicted molar refractivity (Wildman–Crippen MR) is 107 cm³/mol. The molecule has 4 rings (SSSR count). The van der Waals surface area contributed by atoms with Gasteiger partial charge >= 0.3 is 0 Å². The predicted octanol–water partition coefficient (Wildman–Crippen LogP) is 1.14. The molecular formula is C20H21FN6O2. The summed E-state index contributed by atoms with van der Waals surface area (Å²) in [5.41, 5.74) is 0.760. The summed E-state index contributed by atoms with van der Waals surface area (Å²) in [5.74, 6) is -0.314. The van der Waals surface area contributed by atoms with Crippen LogP contribution in [0.5, 0.6) is 0 Å². The van der Waals surface area contributed by atoms with Gasteiger partial charge in [0.15, 0.2) is 0 Å². The van der Waals surface area contributed by atoms with Gasteiger partial charge in [-0.15, -0.1) is 0 Å². The topological polar surface area (TPSA) is 94.2 Å². The molecule has 0 atom stereocenters. The van der Waals surface area contributed by atoms with Gasteiger partial charge in [-0.1, -0.05) is 0 Å². The largest absolute Gasteiger partial charge is 0.346 e. The van der Waals surface area contributed by atoms with Crippen molar-refractivity contribution in [3.05, 3.63) is 64.0 Å². The fourth-order valence-corrected chi connectivity index (χ4v) is 3.32. The summed E-state index contributed by atoms with van der Waals surface area (Å²) in [6.45, 7) is 3.74. The van der Waals surface area contributed by atoms with Crippen molar-refractivity contribution in [2.45, 2.75) is 6.54 Å². The van der Waals surface area contributed by atoms with E-state index in [1.807, 2.05) is 0 Å². The average Bonchev–Trinajstić information content (AvgIpc) is 2.72. The highest BCUT2D eigenvalue weighted by molar-refractivity contribution is 6.05. The van der Waals surface area contributed by atoms with E-state index in [0.29, 0.717) is 22.5 Å². The monoisotopic (exact) mass is 396 g/mol. The number of rotatable bonds is 4. The maximum Gasteiger partial charge on any atom is 0.252 e. The molecule has 0 spiro atoms.